The predicted octanol–water partition coefficient (Wildman–Crippen LogP) is 5.14. The van der Waals surface area contributed by atoms with Crippen molar-refractivity contribution in [1.82, 2.24) is 0 Å². The number of unbranched alkanes of at least 4 members (excludes halogenated alkanes) is 4. The fourth-order valence-electron chi connectivity index (χ4n) is 3.61. The monoisotopic (exact) mass is 334 g/mol. The van der Waals surface area contributed by atoms with E-state index in [-0.39, 0.29) is 11.6 Å². The number of rotatable bonds is 11. The van der Waals surface area contributed by atoms with Crippen LogP contribution >= 0.6 is 7.60 Å². The fraction of sp³-hybridized carbons (Fsp3) is 1.00. The lowest BCUT2D eigenvalue weighted by molar-refractivity contribution is 0.0676. The van der Waals surface area contributed by atoms with Crippen molar-refractivity contribution >= 4 is 7.60 Å². The Morgan fingerprint density at radius 1 is 1.05 bits per heavy atom. The highest BCUT2D eigenvalue weighted by atomic mass is 31.2. The third-order valence-electron chi connectivity index (χ3n) is 5.05. The van der Waals surface area contributed by atoms with Crippen LogP contribution in [0.2, 0.25) is 0 Å². The van der Waals surface area contributed by atoms with Gasteiger partial charge in [-0.3, -0.25) is 4.57 Å². The Labute approximate surface area is 136 Å². The quantitative estimate of drug-likeness (QED) is 0.420. The largest absolute Gasteiger partial charge is 0.392 e. The summed E-state index contributed by atoms with van der Waals surface area (Å²) < 4.78 is 23.3. The fourth-order valence-corrected chi connectivity index (χ4v) is 5.42. The second-order valence-electron chi connectivity index (χ2n) is 6.56. The van der Waals surface area contributed by atoms with Gasteiger partial charge in [-0.25, -0.2) is 0 Å². The van der Waals surface area contributed by atoms with Crippen LogP contribution in [-0.4, -0.2) is 31.1 Å². The van der Waals surface area contributed by atoms with Crippen molar-refractivity contribution in [3.63, 3.8) is 0 Å². The van der Waals surface area contributed by atoms with Crippen LogP contribution in [-0.2, 0) is 13.6 Å². The lowest BCUT2D eigenvalue weighted by Gasteiger charge is -2.34. The molecule has 2 atom stereocenters. The summed E-state index contributed by atoms with van der Waals surface area (Å²) >= 11 is 0. The molecule has 0 heterocycles. The average molecular weight is 334 g/mol. The van der Waals surface area contributed by atoms with Gasteiger partial charge in [0, 0.05) is 14.2 Å². The minimum atomic E-state index is -3.22. The molecule has 0 bridgehead atoms. The zero-order valence-corrected chi connectivity index (χ0v) is 15.5. The van der Waals surface area contributed by atoms with E-state index in [0.29, 0.717) is 0 Å². The van der Waals surface area contributed by atoms with Gasteiger partial charge in [0.05, 0.1) is 11.8 Å². The van der Waals surface area contributed by atoms with Gasteiger partial charge in [0.15, 0.2) is 0 Å². The second-order valence-corrected chi connectivity index (χ2v) is 9.04. The van der Waals surface area contributed by atoms with Gasteiger partial charge in [0.25, 0.3) is 0 Å². The Morgan fingerprint density at radius 3 is 2.18 bits per heavy atom. The highest BCUT2D eigenvalue weighted by Crippen LogP contribution is 2.56. The van der Waals surface area contributed by atoms with Gasteiger partial charge in [-0.2, -0.15) is 0 Å². The van der Waals surface area contributed by atoms with Gasteiger partial charge >= 0.3 is 7.60 Å². The summed E-state index contributed by atoms with van der Waals surface area (Å²) in [5.41, 5.74) is -0.382. The first-order valence-corrected chi connectivity index (χ1v) is 10.6. The molecule has 1 aliphatic carbocycles. The van der Waals surface area contributed by atoms with Crippen LogP contribution in [0.1, 0.15) is 77.6 Å². The minimum absolute atomic E-state index is 0.244. The van der Waals surface area contributed by atoms with E-state index >= 15 is 0 Å². The SMILES string of the molecule is CCCCCCC[C@H]([C@@H](O)C1CCCCC1)P(=O)(OC)OC. The highest BCUT2D eigenvalue weighted by molar-refractivity contribution is 7.54. The smallest absolute Gasteiger partial charge is 0.335 e. The molecule has 0 radical (unpaired) electrons. The molecular weight excluding hydrogens is 299 g/mol. The molecule has 1 fully saturated rings. The van der Waals surface area contributed by atoms with Crippen LogP contribution in [0.15, 0.2) is 0 Å². The summed E-state index contributed by atoms with van der Waals surface area (Å²) in [6.45, 7) is 2.19. The molecule has 0 aliphatic heterocycles. The number of aliphatic hydroxyl groups is 1. The van der Waals surface area contributed by atoms with Crippen LogP contribution in [0.25, 0.3) is 0 Å². The minimum Gasteiger partial charge on any atom is -0.392 e. The molecular formula is C17H35O4P. The van der Waals surface area contributed by atoms with E-state index in [1.807, 2.05) is 0 Å². The van der Waals surface area contributed by atoms with Crippen LogP contribution in [0.3, 0.4) is 0 Å². The van der Waals surface area contributed by atoms with Gasteiger partial charge < -0.3 is 14.2 Å². The molecule has 0 aromatic heterocycles. The summed E-state index contributed by atoms with van der Waals surface area (Å²) in [4.78, 5) is 0. The van der Waals surface area contributed by atoms with E-state index in [9.17, 15) is 9.67 Å². The third kappa shape index (κ3) is 5.96. The highest BCUT2D eigenvalue weighted by Gasteiger charge is 2.42. The molecule has 1 rings (SSSR count). The van der Waals surface area contributed by atoms with Crippen LogP contribution in [0.5, 0.6) is 0 Å². The van der Waals surface area contributed by atoms with Crippen LogP contribution in [0, 0.1) is 5.92 Å². The molecule has 1 aliphatic rings. The molecule has 0 amide bonds. The lowest BCUT2D eigenvalue weighted by atomic mass is 9.83. The van der Waals surface area contributed by atoms with Crippen molar-refractivity contribution in [3.8, 4) is 0 Å². The molecule has 0 saturated heterocycles. The topological polar surface area (TPSA) is 55.8 Å². The summed E-state index contributed by atoms with van der Waals surface area (Å²) in [5.74, 6) is 0.244. The van der Waals surface area contributed by atoms with Crippen molar-refractivity contribution in [2.24, 2.45) is 5.92 Å². The second kappa shape index (κ2) is 10.8. The van der Waals surface area contributed by atoms with Gasteiger partial charge in [0.1, 0.15) is 0 Å². The third-order valence-corrected chi connectivity index (χ3v) is 7.44. The van der Waals surface area contributed by atoms with Gasteiger partial charge in [-0.15, -0.1) is 0 Å². The van der Waals surface area contributed by atoms with E-state index in [1.165, 1.54) is 39.9 Å². The van der Waals surface area contributed by atoms with E-state index < -0.39 is 13.7 Å². The van der Waals surface area contributed by atoms with Gasteiger partial charge in [0.2, 0.25) is 0 Å². The molecule has 0 aromatic rings. The maximum Gasteiger partial charge on any atom is 0.335 e. The van der Waals surface area contributed by atoms with Crippen molar-refractivity contribution in [2.75, 3.05) is 14.2 Å². The molecule has 132 valence electrons. The van der Waals surface area contributed by atoms with E-state index in [0.717, 1.165) is 44.9 Å². The maximum atomic E-state index is 12.9. The summed E-state index contributed by atoms with van der Waals surface area (Å²) in [6, 6.07) is 0. The number of hydrogen-bond acceptors (Lipinski definition) is 4. The predicted molar refractivity (Wildman–Crippen MR) is 91.4 cm³/mol. The van der Waals surface area contributed by atoms with Gasteiger partial charge in [-0.05, 0) is 25.2 Å². The van der Waals surface area contributed by atoms with E-state index in [1.54, 1.807) is 0 Å². The number of aliphatic hydroxyl groups excluding tert-OH is 1. The van der Waals surface area contributed by atoms with Gasteiger partial charge in [-0.1, -0.05) is 58.3 Å². The normalized spacial score (nSPS) is 20.0. The van der Waals surface area contributed by atoms with Crippen molar-refractivity contribution in [1.29, 1.82) is 0 Å². The molecule has 0 spiro atoms. The molecule has 5 heteroatoms. The Bertz CT molecular complexity index is 321. The first kappa shape index (κ1) is 20.2. The Morgan fingerprint density at radius 2 is 1.64 bits per heavy atom. The zero-order chi connectivity index (χ0) is 16.4. The first-order chi connectivity index (χ1) is 10.6. The molecule has 0 aromatic carbocycles. The summed E-state index contributed by atoms with van der Waals surface area (Å²) in [6.07, 6.45) is 11.5. The summed E-state index contributed by atoms with van der Waals surface area (Å²) in [5, 5.41) is 10.8. The summed E-state index contributed by atoms with van der Waals surface area (Å²) in [7, 11) is -0.355. The van der Waals surface area contributed by atoms with E-state index in [4.69, 9.17) is 9.05 Å². The molecule has 0 unspecified atom stereocenters. The van der Waals surface area contributed by atoms with E-state index in [2.05, 4.69) is 6.92 Å². The molecule has 22 heavy (non-hydrogen) atoms. The molecule has 1 N–H and O–H groups in total. The Hall–Kier alpha value is 0.110. The number of hydrogen-bond donors (Lipinski definition) is 1. The van der Waals surface area contributed by atoms with Crippen LogP contribution < -0.4 is 0 Å². The standard InChI is InChI=1S/C17H35O4P/c1-4-5-6-7-11-14-16(22(19,20-2)21-3)17(18)15-12-9-8-10-13-15/h15-18H,4-14H2,1-3H3/t16-,17+/m1/s1. The van der Waals surface area contributed by atoms with Crippen molar-refractivity contribution in [3.05, 3.63) is 0 Å². The van der Waals surface area contributed by atoms with Crippen molar-refractivity contribution in [2.45, 2.75) is 89.3 Å². The van der Waals surface area contributed by atoms with Crippen molar-refractivity contribution < 1.29 is 18.7 Å². The Balaban J connectivity index is 2.65. The molecule has 1 saturated carbocycles. The average Bonchev–Trinajstić information content (AvgIpc) is 2.57. The molecule has 4 nitrogen and oxygen atoms in total. The zero-order valence-electron chi connectivity index (χ0n) is 14.6. The van der Waals surface area contributed by atoms with Crippen LogP contribution in [0.4, 0.5) is 0 Å². The Kier molecular flexibility index (Phi) is 9.90. The first-order valence-electron chi connectivity index (χ1n) is 8.98. The maximum absolute atomic E-state index is 12.9. The lowest BCUT2D eigenvalue weighted by Crippen LogP contribution is -2.35.